The second kappa shape index (κ2) is 6.00. The van der Waals surface area contributed by atoms with Crippen LogP contribution in [0.25, 0.3) is 0 Å². The third kappa shape index (κ3) is 3.43. The fraction of sp³-hybridized carbons (Fsp3) is 0.250. The van der Waals surface area contributed by atoms with Crippen LogP contribution >= 0.6 is 22.9 Å². The van der Waals surface area contributed by atoms with E-state index in [4.69, 9.17) is 16.3 Å². The zero-order valence-corrected chi connectivity index (χ0v) is 11.0. The standard InChI is InChI=1S/C12H13ClN2OS/c1-14-6-12-15-9(8-17-12)7-16-11-5-3-2-4-10(11)13/h2-5,8,14H,6-7H2,1H3. The average molecular weight is 269 g/mol. The van der Waals surface area contributed by atoms with Gasteiger partial charge >= 0.3 is 0 Å². The molecule has 0 aliphatic rings. The summed E-state index contributed by atoms with van der Waals surface area (Å²) < 4.78 is 5.61. The van der Waals surface area contributed by atoms with Crippen LogP contribution in [-0.4, -0.2) is 12.0 Å². The smallest absolute Gasteiger partial charge is 0.138 e. The normalized spacial score (nSPS) is 10.5. The zero-order valence-electron chi connectivity index (χ0n) is 9.44. The zero-order chi connectivity index (χ0) is 12.1. The van der Waals surface area contributed by atoms with E-state index >= 15 is 0 Å². The molecule has 17 heavy (non-hydrogen) atoms. The molecule has 0 bridgehead atoms. The predicted molar refractivity (Wildman–Crippen MR) is 70.7 cm³/mol. The summed E-state index contributed by atoms with van der Waals surface area (Å²) in [6.45, 7) is 1.24. The number of aromatic nitrogens is 1. The van der Waals surface area contributed by atoms with E-state index in [0.717, 1.165) is 17.2 Å². The number of benzene rings is 1. The van der Waals surface area contributed by atoms with Crippen molar-refractivity contribution in [2.45, 2.75) is 13.2 Å². The molecule has 0 aliphatic heterocycles. The highest BCUT2D eigenvalue weighted by Crippen LogP contribution is 2.24. The first-order chi connectivity index (χ1) is 8.29. The van der Waals surface area contributed by atoms with Crippen molar-refractivity contribution in [3.63, 3.8) is 0 Å². The number of hydrogen-bond acceptors (Lipinski definition) is 4. The SMILES string of the molecule is CNCc1nc(COc2ccccc2Cl)cs1. The molecule has 0 amide bonds. The fourth-order valence-corrected chi connectivity index (χ4v) is 2.34. The average Bonchev–Trinajstić information content (AvgIpc) is 2.76. The second-order valence-electron chi connectivity index (χ2n) is 3.48. The number of para-hydroxylation sites is 1. The molecule has 0 aliphatic carbocycles. The topological polar surface area (TPSA) is 34.2 Å². The first-order valence-corrected chi connectivity index (χ1v) is 6.50. The Morgan fingerprint density at radius 2 is 2.24 bits per heavy atom. The molecule has 1 heterocycles. The molecule has 1 N–H and O–H groups in total. The lowest BCUT2D eigenvalue weighted by Crippen LogP contribution is -2.05. The first-order valence-electron chi connectivity index (χ1n) is 5.25. The van der Waals surface area contributed by atoms with Crippen molar-refractivity contribution in [2.24, 2.45) is 0 Å². The maximum Gasteiger partial charge on any atom is 0.138 e. The highest BCUT2D eigenvalue weighted by molar-refractivity contribution is 7.09. The summed E-state index contributed by atoms with van der Waals surface area (Å²) >= 11 is 7.62. The summed E-state index contributed by atoms with van der Waals surface area (Å²) in [5, 5.41) is 6.75. The van der Waals surface area contributed by atoms with Gasteiger partial charge in [0.1, 0.15) is 17.4 Å². The lowest BCUT2D eigenvalue weighted by Gasteiger charge is -2.05. The Morgan fingerprint density at radius 1 is 1.41 bits per heavy atom. The summed E-state index contributed by atoms with van der Waals surface area (Å²) in [6, 6.07) is 7.44. The number of thiazole rings is 1. The molecular weight excluding hydrogens is 256 g/mol. The van der Waals surface area contributed by atoms with Gasteiger partial charge in [0.05, 0.1) is 10.7 Å². The van der Waals surface area contributed by atoms with Gasteiger partial charge in [0.15, 0.2) is 0 Å². The van der Waals surface area contributed by atoms with E-state index < -0.39 is 0 Å². The Labute approximate surface area is 109 Å². The third-order valence-corrected chi connectivity index (χ3v) is 3.35. The van der Waals surface area contributed by atoms with Crippen molar-refractivity contribution in [3.8, 4) is 5.75 Å². The quantitative estimate of drug-likeness (QED) is 0.905. The molecular formula is C12H13ClN2OS. The maximum atomic E-state index is 5.99. The van der Waals surface area contributed by atoms with Crippen molar-refractivity contribution >= 4 is 22.9 Å². The van der Waals surface area contributed by atoms with Gasteiger partial charge in [0.2, 0.25) is 0 Å². The van der Waals surface area contributed by atoms with Gasteiger partial charge in [-0.25, -0.2) is 4.98 Å². The molecule has 0 unspecified atom stereocenters. The molecule has 0 fully saturated rings. The van der Waals surface area contributed by atoms with Crippen LogP contribution in [0, 0.1) is 0 Å². The summed E-state index contributed by atoms with van der Waals surface area (Å²) in [7, 11) is 1.90. The minimum Gasteiger partial charge on any atom is -0.486 e. The second-order valence-corrected chi connectivity index (χ2v) is 4.83. The van der Waals surface area contributed by atoms with E-state index in [1.54, 1.807) is 11.3 Å². The van der Waals surface area contributed by atoms with E-state index in [-0.39, 0.29) is 0 Å². The molecule has 5 heteroatoms. The van der Waals surface area contributed by atoms with E-state index in [0.29, 0.717) is 17.4 Å². The van der Waals surface area contributed by atoms with Gasteiger partial charge in [-0.15, -0.1) is 11.3 Å². The van der Waals surface area contributed by atoms with E-state index in [2.05, 4.69) is 10.3 Å². The van der Waals surface area contributed by atoms with Crippen LogP contribution in [-0.2, 0) is 13.2 Å². The van der Waals surface area contributed by atoms with Gasteiger partial charge < -0.3 is 10.1 Å². The van der Waals surface area contributed by atoms with Crippen LogP contribution < -0.4 is 10.1 Å². The van der Waals surface area contributed by atoms with Crippen LogP contribution in [0.4, 0.5) is 0 Å². The van der Waals surface area contributed by atoms with Crippen molar-refractivity contribution < 1.29 is 4.74 Å². The van der Waals surface area contributed by atoms with E-state index in [1.165, 1.54) is 0 Å². The summed E-state index contributed by atoms with van der Waals surface area (Å²) in [6.07, 6.45) is 0. The van der Waals surface area contributed by atoms with Gasteiger partial charge in [-0.2, -0.15) is 0 Å². The molecule has 0 atom stereocenters. The Kier molecular flexibility index (Phi) is 4.36. The molecule has 0 radical (unpaired) electrons. The van der Waals surface area contributed by atoms with Crippen LogP contribution in [0.5, 0.6) is 5.75 Å². The van der Waals surface area contributed by atoms with Crippen LogP contribution in [0.15, 0.2) is 29.6 Å². The van der Waals surface area contributed by atoms with Crippen molar-refractivity contribution in [1.29, 1.82) is 0 Å². The Hall–Kier alpha value is -1.10. The lowest BCUT2D eigenvalue weighted by molar-refractivity contribution is 0.302. The van der Waals surface area contributed by atoms with Gasteiger partial charge in [-0.05, 0) is 19.2 Å². The van der Waals surface area contributed by atoms with Crippen LogP contribution in [0.2, 0.25) is 5.02 Å². The van der Waals surface area contributed by atoms with Gasteiger partial charge in [-0.3, -0.25) is 0 Å². The van der Waals surface area contributed by atoms with Crippen molar-refractivity contribution in [3.05, 3.63) is 45.4 Å². The minimum atomic E-state index is 0.448. The highest BCUT2D eigenvalue weighted by atomic mass is 35.5. The van der Waals surface area contributed by atoms with Crippen molar-refractivity contribution in [2.75, 3.05) is 7.05 Å². The minimum absolute atomic E-state index is 0.448. The van der Waals surface area contributed by atoms with Crippen molar-refractivity contribution in [1.82, 2.24) is 10.3 Å². The Morgan fingerprint density at radius 3 is 3.00 bits per heavy atom. The Bertz CT molecular complexity index is 487. The number of halogens is 1. The molecule has 0 saturated heterocycles. The predicted octanol–water partition coefficient (Wildman–Crippen LogP) is 3.09. The Balaban J connectivity index is 1.95. The molecule has 1 aromatic heterocycles. The number of rotatable bonds is 5. The maximum absolute atomic E-state index is 5.99. The van der Waals surface area contributed by atoms with Gasteiger partial charge in [0, 0.05) is 11.9 Å². The molecule has 90 valence electrons. The summed E-state index contributed by atoms with van der Waals surface area (Å²) in [5.41, 5.74) is 0.931. The summed E-state index contributed by atoms with van der Waals surface area (Å²) in [4.78, 5) is 4.43. The first kappa shape index (κ1) is 12.4. The summed E-state index contributed by atoms with van der Waals surface area (Å²) in [5.74, 6) is 0.692. The van der Waals surface area contributed by atoms with E-state index in [1.807, 2.05) is 36.7 Å². The monoisotopic (exact) mass is 268 g/mol. The van der Waals surface area contributed by atoms with Crippen LogP contribution in [0.3, 0.4) is 0 Å². The third-order valence-electron chi connectivity index (χ3n) is 2.14. The largest absolute Gasteiger partial charge is 0.486 e. The number of nitrogens with one attached hydrogen (secondary N) is 1. The molecule has 3 nitrogen and oxygen atoms in total. The van der Waals surface area contributed by atoms with Gasteiger partial charge in [-0.1, -0.05) is 23.7 Å². The molecule has 2 aromatic rings. The fourth-order valence-electron chi connectivity index (χ4n) is 1.36. The highest BCUT2D eigenvalue weighted by Gasteiger charge is 2.04. The number of hydrogen-bond donors (Lipinski definition) is 1. The van der Waals surface area contributed by atoms with Crippen LogP contribution in [0.1, 0.15) is 10.7 Å². The lowest BCUT2D eigenvalue weighted by atomic mass is 10.3. The number of ether oxygens (including phenoxy) is 1. The molecule has 0 spiro atoms. The molecule has 1 aromatic carbocycles. The molecule has 2 rings (SSSR count). The molecule has 0 saturated carbocycles. The van der Waals surface area contributed by atoms with Gasteiger partial charge in [0.25, 0.3) is 0 Å². The van der Waals surface area contributed by atoms with E-state index in [9.17, 15) is 0 Å². The number of nitrogens with zero attached hydrogens (tertiary/aromatic N) is 1.